The van der Waals surface area contributed by atoms with Crippen molar-refractivity contribution < 1.29 is 152 Å². The molecule has 39 nitrogen and oxygen atoms in total. The second-order valence-corrected chi connectivity index (χ2v) is 35.2. The van der Waals surface area contributed by atoms with Gasteiger partial charge in [0, 0.05) is 58.4 Å². The maximum absolute atomic E-state index is 13.2. The van der Waals surface area contributed by atoms with Gasteiger partial charge in [-0.3, -0.25) is 24.1 Å². The van der Waals surface area contributed by atoms with E-state index in [9.17, 15) is 47.9 Å². The molecule has 4 atom stereocenters. The number of nitrogens with one attached hydrogen (secondary N) is 6. The van der Waals surface area contributed by atoms with Crippen LogP contribution in [0, 0.1) is 0 Å². The number of hydrogen-bond acceptors (Lipinski definition) is 33. The van der Waals surface area contributed by atoms with Gasteiger partial charge >= 0.3 is 47.9 Å². The van der Waals surface area contributed by atoms with E-state index in [0.29, 0.717) is 185 Å². The zero-order chi connectivity index (χ0) is 95.4. The molecule has 0 radical (unpaired) electrons. The molecule has 128 heavy (non-hydrogen) atoms. The van der Waals surface area contributed by atoms with E-state index in [1.54, 1.807) is 125 Å². The van der Waals surface area contributed by atoms with Crippen molar-refractivity contribution in [1.29, 1.82) is 0 Å². The molecule has 0 saturated carbocycles. The van der Waals surface area contributed by atoms with E-state index in [1.165, 1.54) is 5.56 Å². The van der Waals surface area contributed by atoms with Crippen molar-refractivity contribution in [3.05, 3.63) is 35.9 Å². The molecular formula is C89H159N7O32. The predicted molar refractivity (Wildman–Crippen MR) is 471 cm³/mol. The molecule has 0 aliphatic heterocycles. The molecule has 0 aromatic heterocycles. The molecule has 0 heterocycles. The molecule has 39 heteroatoms. The minimum atomic E-state index is -1.25. The maximum Gasteiger partial charge on any atom is 0.329 e. The number of esters is 6. The van der Waals surface area contributed by atoms with Crippen LogP contribution in [-0.4, -0.2) is 360 Å². The minimum absolute atomic E-state index is 0.114. The Hall–Kier alpha value is -7.16. The van der Waals surface area contributed by atoms with Gasteiger partial charge in [0.15, 0.2) is 0 Å². The standard InChI is InChI=1S/C89H159N7O32/c1-84(2,3)123-76(99)30-26-72(80(103)127-88(13,14)15)94-82(105)92-70(78(101)125-86(7,8)9)24-28-74(97)90-32-36-107-40-44-111-48-52-115-56-60-119-64-66-121-62-58-117-54-50-113-46-42-109-38-34-96(68-69-22-20-19-21-23-69)35-39-110-43-47-114-51-55-118-59-63-122-67-65-120-61-57-116-53-49-112-45-41-108-37-33-91-75(98)29-25-71(79(102)126-87(10,11)12)93-83(106)95-73(81(104)128-89(16,17)18)27-31-77(100)124-85(4,5)6/h19-23,70-73H,24-68H2,1-18H3,(H,90,97)(H,91,98)(H2,92,94,105)(H2,93,95,106)/t70-,71-,72-,73-/m0/s1. The molecule has 6 amide bonds. The van der Waals surface area contributed by atoms with Crippen LogP contribution < -0.4 is 31.9 Å². The first-order valence-electron chi connectivity index (χ1n) is 44.5. The SMILES string of the molecule is CC(C)(C)OC(=O)CC[C@H](NC(=O)N[C@@H](CCC(=O)NCCOCCOCCOCCOCCOCCOCCOCCOCCN(CCOCCOCCOCCOCCOCCOCCOCCOCCNC(=O)CC[C@H](NC(=O)N[C@@H](CCC(=O)OC(C)(C)C)C(=O)OC(C)(C)C)C(=O)OC(C)(C)C)Cc1ccccc1)C(=O)OC(C)(C)C)C(=O)OC(C)(C)C. The lowest BCUT2D eigenvalue weighted by Crippen LogP contribution is -2.53. The van der Waals surface area contributed by atoms with E-state index in [0.717, 1.165) is 19.6 Å². The van der Waals surface area contributed by atoms with Crippen LogP contribution in [0.4, 0.5) is 9.59 Å². The summed E-state index contributed by atoms with van der Waals surface area (Å²) in [6.07, 6.45) is -1.16. The van der Waals surface area contributed by atoms with Crippen molar-refractivity contribution >= 4 is 59.7 Å². The average molecular weight is 1840 g/mol. The highest BCUT2D eigenvalue weighted by molar-refractivity contribution is 5.89. The summed E-state index contributed by atoms with van der Waals surface area (Å²) in [5.41, 5.74) is -3.88. The van der Waals surface area contributed by atoms with Crippen LogP contribution in [0.1, 0.15) is 182 Å². The van der Waals surface area contributed by atoms with Gasteiger partial charge in [0.2, 0.25) is 11.8 Å². The molecule has 1 rings (SSSR count). The monoisotopic (exact) mass is 1840 g/mol. The Labute approximate surface area is 759 Å². The van der Waals surface area contributed by atoms with Gasteiger partial charge in [0.1, 0.15) is 57.8 Å². The van der Waals surface area contributed by atoms with Crippen LogP contribution >= 0.6 is 0 Å². The van der Waals surface area contributed by atoms with Crippen molar-refractivity contribution in [3.63, 3.8) is 0 Å². The third-order valence-electron chi connectivity index (χ3n) is 16.1. The van der Waals surface area contributed by atoms with Crippen molar-refractivity contribution in [2.24, 2.45) is 0 Å². The van der Waals surface area contributed by atoms with Crippen LogP contribution in [0.3, 0.4) is 0 Å². The van der Waals surface area contributed by atoms with E-state index >= 15 is 0 Å². The van der Waals surface area contributed by atoms with Gasteiger partial charge in [-0.15, -0.1) is 0 Å². The number of hydrogen-bond donors (Lipinski definition) is 6. The third kappa shape index (κ3) is 76.5. The number of benzene rings is 1. The minimum Gasteiger partial charge on any atom is -0.460 e. The lowest BCUT2D eigenvalue weighted by molar-refractivity contribution is -0.160. The van der Waals surface area contributed by atoms with Gasteiger partial charge in [-0.1, -0.05) is 30.3 Å². The highest BCUT2D eigenvalue weighted by Crippen LogP contribution is 2.19. The van der Waals surface area contributed by atoms with Crippen LogP contribution in [0.2, 0.25) is 0 Å². The van der Waals surface area contributed by atoms with Gasteiger partial charge in [0.05, 0.1) is 211 Å². The van der Waals surface area contributed by atoms with E-state index in [-0.39, 0.29) is 90.9 Å². The molecule has 0 bridgehead atoms. The van der Waals surface area contributed by atoms with Gasteiger partial charge < -0.3 is 136 Å². The van der Waals surface area contributed by atoms with Crippen LogP contribution in [0.15, 0.2) is 30.3 Å². The smallest absolute Gasteiger partial charge is 0.329 e. The molecular weight excluding hydrogens is 1680 g/mol. The molecule has 1 aromatic carbocycles. The summed E-state index contributed by atoms with van der Waals surface area (Å²) in [6, 6.07) is 3.46. The number of amides is 6. The molecule has 0 fully saturated rings. The first kappa shape index (κ1) is 119. The fourth-order valence-electron chi connectivity index (χ4n) is 10.5. The summed E-state index contributed by atoms with van der Waals surface area (Å²) in [5, 5.41) is 15.5. The number of carbonyl (C=O) groups is 10. The number of ether oxygens (including phenoxy) is 22. The Morgan fingerprint density at radius 2 is 0.453 bits per heavy atom. The summed E-state index contributed by atoms with van der Waals surface area (Å²) >= 11 is 0. The second-order valence-electron chi connectivity index (χ2n) is 35.2. The highest BCUT2D eigenvalue weighted by Gasteiger charge is 2.35. The molecule has 0 saturated heterocycles. The summed E-state index contributed by atoms with van der Waals surface area (Å²) in [5.74, 6) is -5.03. The van der Waals surface area contributed by atoms with Crippen LogP contribution in [0.25, 0.3) is 0 Å². The molecule has 742 valence electrons. The second kappa shape index (κ2) is 70.6. The molecule has 0 aliphatic carbocycles. The predicted octanol–water partition coefficient (Wildman–Crippen LogP) is 6.23. The van der Waals surface area contributed by atoms with Crippen molar-refractivity contribution in [2.45, 2.75) is 240 Å². The van der Waals surface area contributed by atoms with Crippen LogP contribution in [-0.2, 0) is 149 Å². The zero-order valence-electron chi connectivity index (χ0n) is 80.0. The van der Waals surface area contributed by atoms with Gasteiger partial charge in [-0.2, -0.15) is 0 Å². The fraction of sp³-hybridized carbons (Fsp3) is 0.820. The highest BCUT2D eigenvalue weighted by atomic mass is 16.6. The van der Waals surface area contributed by atoms with Gasteiger partial charge in [-0.05, 0) is 156 Å². The van der Waals surface area contributed by atoms with E-state index in [4.69, 9.17) is 104 Å². The van der Waals surface area contributed by atoms with E-state index in [1.807, 2.05) is 18.2 Å². The number of rotatable bonds is 76. The number of urea groups is 2. The first-order valence-corrected chi connectivity index (χ1v) is 44.5. The topological polar surface area (TPSA) is 449 Å². The fourth-order valence-corrected chi connectivity index (χ4v) is 10.5. The third-order valence-corrected chi connectivity index (χ3v) is 16.1. The largest absolute Gasteiger partial charge is 0.460 e. The normalized spacial score (nSPS) is 13.1. The maximum atomic E-state index is 13.2. The first-order chi connectivity index (χ1) is 60.5. The Bertz CT molecular complexity index is 2940. The Kier molecular flexibility index (Phi) is 65.5. The number of carbonyl (C=O) groups excluding carboxylic acids is 10. The Morgan fingerprint density at radius 3 is 0.664 bits per heavy atom. The summed E-state index contributed by atoms with van der Waals surface area (Å²) in [7, 11) is 0. The Morgan fingerprint density at radius 1 is 0.258 bits per heavy atom. The summed E-state index contributed by atoms with van der Waals surface area (Å²) in [6.45, 7) is 45.5. The van der Waals surface area contributed by atoms with Crippen LogP contribution in [0.5, 0.6) is 0 Å². The van der Waals surface area contributed by atoms with Gasteiger partial charge in [-0.25, -0.2) is 28.8 Å². The lowest BCUT2D eigenvalue weighted by Gasteiger charge is -2.27. The zero-order valence-corrected chi connectivity index (χ0v) is 80.0. The molecule has 1 aromatic rings. The number of nitrogens with zero attached hydrogens (tertiary/aromatic N) is 1. The molecule has 0 aliphatic rings. The molecule has 0 spiro atoms. The molecule has 0 unspecified atom stereocenters. The van der Waals surface area contributed by atoms with Crippen molar-refractivity contribution in [3.8, 4) is 0 Å². The van der Waals surface area contributed by atoms with Crippen molar-refractivity contribution in [1.82, 2.24) is 36.8 Å². The lowest BCUT2D eigenvalue weighted by atomic mass is 10.1. The molecule has 6 N–H and O–H groups in total. The summed E-state index contributed by atoms with van der Waals surface area (Å²) < 4.78 is 123. The quantitative estimate of drug-likeness (QED) is 0.0239. The van der Waals surface area contributed by atoms with Gasteiger partial charge in [0.25, 0.3) is 0 Å². The Balaban J connectivity index is 2.06. The van der Waals surface area contributed by atoms with E-state index in [2.05, 4.69) is 48.9 Å². The average Bonchev–Trinajstić information content (AvgIpc) is 0.870. The van der Waals surface area contributed by atoms with E-state index < -0.39 is 117 Å². The summed E-state index contributed by atoms with van der Waals surface area (Å²) in [4.78, 5) is 132. The van der Waals surface area contributed by atoms with Crippen molar-refractivity contribution in [2.75, 3.05) is 238 Å².